The van der Waals surface area contributed by atoms with Crippen molar-refractivity contribution in [2.24, 2.45) is 7.05 Å². The highest BCUT2D eigenvalue weighted by atomic mass is 16.5. The average molecular weight is 395 g/mol. The SMILES string of the molecule is CC[C@@H](Oc1cccc(OC)c1)C(=O)Nc1c(C)n(C)n(-c2ccccc2)c1=O. The van der Waals surface area contributed by atoms with Gasteiger partial charge in [-0.2, -0.15) is 0 Å². The molecule has 0 spiro atoms. The van der Waals surface area contributed by atoms with Crippen LogP contribution in [-0.4, -0.2) is 28.5 Å². The lowest BCUT2D eigenvalue weighted by atomic mass is 10.2. The number of carbonyl (C=O) groups excluding carboxylic acids is 1. The van der Waals surface area contributed by atoms with E-state index in [-0.39, 0.29) is 17.2 Å². The fourth-order valence-corrected chi connectivity index (χ4v) is 3.08. The number of para-hydroxylation sites is 1. The number of rotatable bonds is 7. The number of amides is 1. The Morgan fingerprint density at radius 3 is 2.45 bits per heavy atom. The van der Waals surface area contributed by atoms with Crippen LogP contribution < -0.4 is 20.3 Å². The lowest BCUT2D eigenvalue weighted by molar-refractivity contribution is -0.122. The highest BCUT2D eigenvalue weighted by Gasteiger charge is 2.23. The van der Waals surface area contributed by atoms with Gasteiger partial charge in [-0.25, -0.2) is 4.68 Å². The van der Waals surface area contributed by atoms with Crippen LogP contribution in [0.25, 0.3) is 5.69 Å². The van der Waals surface area contributed by atoms with E-state index in [1.165, 1.54) is 4.68 Å². The maximum Gasteiger partial charge on any atom is 0.295 e. The largest absolute Gasteiger partial charge is 0.497 e. The summed E-state index contributed by atoms with van der Waals surface area (Å²) in [7, 11) is 3.35. The van der Waals surface area contributed by atoms with E-state index in [4.69, 9.17) is 9.47 Å². The molecule has 7 nitrogen and oxygen atoms in total. The summed E-state index contributed by atoms with van der Waals surface area (Å²) >= 11 is 0. The Balaban J connectivity index is 1.85. The molecule has 0 radical (unpaired) electrons. The lowest BCUT2D eigenvalue weighted by Crippen LogP contribution is -2.34. The molecule has 3 aromatic rings. The molecule has 1 heterocycles. The van der Waals surface area contributed by atoms with Crippen LogP contribution in [0.4, 0.5) is 5.69 Å². The number of benzene rings is 2. The number of nitrogens with one attached hydrogen (secondary N) is 1. The maximum absolute atomic E-state index is 13.0. The topological polar surface area (TPSA) is 74.5 Å². The first kappa shape index (κ1) is 20.3. The first-order valence-electron chi connectivity index (χ1n) is 9.41. The standard InChI is InChI=1S/C22H25N3O4/c1-5-19(29-18-13-9-12-17(14-18)28-4)21(26)23-20-15(2)24(3)25(22(20)27)16-10-7-6-8-11-16/h6-14,19H,5H2,1-4H3,(H,23,26)/t19-/m1/s1. The molecule has 29 heavy (non-hydrogen) atoms. The van der Waals surface area contributed by atoms with Gasteiger partial charge in [-0.15, -0.1) is 0 Å². The Labute approximate surface area is 169 Å². The van der Waals surface area contributed by atoms with Crippen LogP contribution in [-0.2, 0) is 11.8 Å². The van der Waals surface area contributed by atoms with Gasteiger partial charge in [-0.1, -0.05) is 31.2 Å². The Morgan fingerprint density at radius 1 is 1.10 bits per heavy atom. The average Bonchev–Trinajstić information content (AvgIpc) is 2.95. The molecular formula is C22H25N3O4. The predicted molar refractivity (Wildman–Crippen MR) is 112 cm³/mol. The molecule has 3 rings (SSSR count). The molecule has 152 valence electrons. The van der Waals surface area contributed by atoms with E-state index in [0.29, 0.717) is 23.6 Å². The molecule has 0 saturated carbocycles. The Hall–Kier alpha value is -3.48. The third-order valence-electron chi connectivity index (χ3n) is 4.79. The third kappa shape index (κ3) is 4.18. The molecule has 0 unspecified atom stereocenters. The van der Waals surface area contributed by atoms with Gasteiger partial charge in [0.2, 0.25) is 0 Å². The number of hydrogen-bond acceptors (Lipinski definition) is 4. The summed E-state index contributed by atoms with van der Waals surface area (Å²) < 4.78 is 14.3. The first-order chi connectivity index (χ1) is 14.0. The number of hydrogen-bond donors (Lipinski definition) is 1. The highest BCUT2D eigenvalue weighted by molar-refractivity contribution is 5.94. The summed E-state index contributed by atoms with van der Waals surface area (Å²) in [6, 6.07) is 16.3. The molecule has 0 aliphatic heterocycles. The molecule has 1 N–H and O–H groups in total. The fourth-order valence-electron chi connectivity index (χ4n) is 3.08. The van der Waals surface area contributed by atoms with Crippen molar-refractivity contribution < 1.29 is 14.3 Å². The molecule has 1 atom stereocenters. The number of carbonyl (C=O) groups is 1. The molecule has 0 aliphatic carbocycles. The van der Waals surface area contributed by atoms with E-state index in [2.05, 4.69) is 5.32 Å². The normalized spacial score (nSPS) is 11.7. The maximum atomic E-state index is 13.0. The number of ether oxygens (including phenoxy) is 2. The number of anilines is 1. The van der Waals surface area contributed by atoms with Crippen LogP contribution in [0, 0.1) is 6.92 Å². The molecular weight excluding hydrogens is 370 g/mol. The van der Waals surface area contributed by atoms with Gasteiger partial charge in [0.25, 0.3) is 11.5 Å². The van der Waals surface area contributed by atoms with Crippen molar-refractivity contribution in [3.63, 3.8) is 0 Å². The number of aromatic nitrogens is 2. The van der Waals surface area contributed by atoms with Crippen molar-refractivity contribution in [1.29, 1.82) is 0 Å². The van der Waals surface area contributed by atoms with Gasteiger partial charge in [0.1, 0.15) is 17.2 Å². The quantitative estimate of drug-likeness (QED) is 0.666. The summed E-state index contributed by atoms with van der Waals surface area (Å²) in [5.74, 6) is 0.793. The molecule has 0 saturated heterocycles. The van der Waals surface area contributed by atoms with Gasteiger partial charge in [0, 0.05) is 13.1 Å². The minimum atomic E-state index is -0.744. The third-order valence-corrected chi connectivity index (χ3v) is 4.79. The minimum Gasteiger partial charge on any atom is -0.497 e. The van der Waals surface area contributed by atoms with Crippen LogP contribution >= 0.6 is 0 Å². The van der Waals surface area contributed by atoms with E-state index in [9.17, 15) is 9.59 Å². The summed E-state index contributed by atoms with van der Waals surface area (Å²) in [6.07, 6.45) is -0.298. The fraction of sp³-hybridized carbons (Fsp3) is 0.273. The molecule has 0 aliphatic rings. The van der Waals surface area contributed by atoms with Gasteiger partial charge in [0.05, 0.1) is 18.5 Å². The number of methoxy groups -OCH3 is 1. The van der Waals surface area contributed by atoms with Crippen LogP contribution in [0.3, 0.4) is 0 Å². The zero-order valence-electron chi connectivity index (χ0n) is 17.0. The zero-order valence-corrected chi connectivity index (χ0v) is 17.0. The van der Waals surface area contributed by atoms with Crippen molar-refractivity contribution >= 4 is 11.6 Å². The van der Waals surface area contributed by atoms with E-state index < -0.39 is 6.10 Å². The monoisotopic (exact) mass is 395 g/mol. The molecule has 1 aromatic heterocycles. The van der Waals surface area contributed by atoms with E-state index >= 15 is 0 Å². The first-order valence-corrected chi connectivity index (χ1v) is 9.41. The van der Waals surface area contributed by atoms with E-state index in [1.54, 1.807) is 50.0 Å². The van der Waals surface area contributed by atoms with Gasteiger partial charge in [0.15, 0.2) is 6.10 Å². The zero-order chi connectivity index (χ0) is 21.0. The van der Waals surface area contributed by atoms with Gasteiger partial charge in [-0.3, -0.25) is 14.3 Å². The highest BCUT2D eigenvalue weighted by Crippen LogP contribution is 2.21. The van der Waals surface area contributed by atoms with Crippen molar-refractivity contribution in [3.05, 3.63) is 70.6 Å². The molecule has 7 heteroatoms. The second-order valence-electron chi connectivity index (χ2n) is 6.62. The molecule has 2 aromatic carbocycles. The van der Waals surface area contributed by atoms with Crippen LogP contribution in [0.1, 0.15) is 19.0 Å². The number of nitrogens with zero attached hydrogens (tertiary/aromatic N) is 2. The van der Waals surface area contributed by atoms with Gasteiger partial charge < -0.3 is 14.8 Å². The Kier molecular flexibility index (Phi) is 6.07. The predicted octanol–water partition coefficient (Wildman–Crippen LogP) is 3.29. The van der Waals surface area contributed by atoms with Crippen LogP contribution in [0.5, 0.6) is 11.5 Å². The summed E-state index contributed by atoms with van der Waals surface area (Å²) in [4.78, 5) is 25.8. The van der Waals surface area contributed by atoms with E-state index in [1.807, 2.05) is 37.3 Å². The lowest BCUT2D eigenvalue weighted by Gasteiger charge is -2.17. The minimum absolute atomic E-state index is 0.244. The van der Waals surface area contributed by atoms with Crippen molar-refractivity contribution in [3.8, 4) is 17.2 Å². The second-order valence-corrected chi connectivity index (χ2v) is 6.62. The summed E-state index contributed by atoms with van der Waals surface area (Å²) in [5, 5.41) is 2.76. The van der Waals surface area contributed by atoms with Crippen molar-refractivity contribution in [1.82, 2.24) is 9.36 Å². The molecule has 0 bridgehead atoms. The molecule has 0 fully saturated rings. The molecule has 1 amide bonds. The van der Waals surface area contributed by atoms with Crippen molar-refractivity contribution in [2.45, 2.75) is 26.4 Å². The smallest absolute Gasteiger partial charge is 0.295 e. The Morgan fingerprint density at radius 2 is 1.79 bits per heavy atom. The Bertz CT molecular complexity index is 1050. The van der Waals surface area contributed by atoms with E-state index in [0.717, 1.165) is 5.69 Å². The van der Waals surface area contributed by atoms with Crippen LogP contribution in [0.15, 0.2) is 59.4 Å². The second kappa shape index (κ2) is 8.68. The van der Waals surface area contributed by atoms with Crippen LogP contribution in [0.2, 0.25) is 0 Å². The summed E-state index contributed by atoms with van der Waals surface area (Å²) in [5.41, 5.74) is 1.33. The van der Waals surface area contributed by atoms with Crippen molar-refractivity contribution in [2.75, 3.05) is 12.4 Å². The van der Waals surface area contributed by atoms with Gasteiger partial charge >= 0.3 is 0 Å². The van der Waals surface area contributed by atoms with Gasteiger partial charge in [-0.05, 0) is 37.6 Å². The summed E-state index contributed by atoms with van der Waals surface area (Å²) in [6.45, 7) is 3.64.